The van der Waals surface area contributed by atoms with Gasteiger partial charge in [-0.3, -0.25) is 0 Å². The molecule has 3 nitrogen and oxygen atoms in total. The van der Waals surface area contributed by atoms with Crippen LogP contribution in [0.3, 0.4) is 0 Å². The van der Waals surface area contributed by atoms with E-state index in [1.54, 1.807) is 0 Å². The summed E-state index contributed by atoms with van der Waals surface area (Å²) in [6.45, 7) is 8.92. The van der Waals surface area contributed by atoms with Crippen molar-refractivity contribution >= 4 is 17.3 Å². The average Bonchev–Trinajstić information content (AvgIpc) is 2.29. The van der Waals surface area contributed by atoms with Gasteiger partial charge in [-0.05, 0) is 0 Å². The second kappa shape index (κ2) is 13.6. The second-order valence-corrected chi connectivity index (χ2v) is 7.27. The topological polar surface area (TPSA) is 27.7 Å². The molecule has 0 aliphatic carbocycles. The molecule has 96 valence electrons. The van der Waals surface area contributed by atoms with Gasteiger partial charge in [0.1, 0.15) is 0 Å². The first-order chi connectivity index (χ1) is 7.85. The summed E-state index contributed by atoms with van der Waals surface area (Å²) in [6, 6.07) is 0. The Bertz CT molecular complexity index is 110. The van der Waals surface area contributed by atoms with Crippen LogP contribution in [0.1, 0.15) is 59.3 Å². The molecule has 0 fully saturated rings. The SMILES string of the molecule is CCCC[O][Ga]([O]CCCC)[O]CCCC. The van der Waals surface area contributed by atoms with E-state index in [1.165, 1.54) is 19.3 Å². The van der Waals surface area contributed by atoms with Crippen LogP contribution >= 0.6 is 0 Å². The normalized spacial score (nSPS) is 10.7. The molecule has 0 aromatic carbocycles. The molecule has 0 radical (unpaired) electrons. The fourth-order valence-corrected chi connectivity index (χ4v) is 3.98. The predicted octanol–water partition coefficient (Wildman–Crippen LogP) is 3.42. The van der Waals surface area contributed by atoms with E-state index < -0.39 is 17.3 Å². The van der Waals surface area contributed by atoms with Crippen molar-refractivity contribution in [2.24, 2.45) is 0 Å². The van der Waals surface area contributed by atoms with Crippen molar-refractivity contribution in [2.45, 2.75) is 59.3 Å². The first kappa shape index (κ1) is 16.5. The van der Waals surface area contributed by atoms with Gasteiger partial charge < -0.3 is 0 Å². The van der Waals surface area contributed by atoms with Gasteiger partial charge in [-0.1, -0.05) is 0 Å². The van der Waals surface area contributed by atoms with Gasteiger partial charge in [0.15, 0.2) is 0 Å². The van der Waals surface area contributed by atoms with Crippen LogP contribution in [0.4, 0.5) is 0 Å². The summed E-state index contributed by atoms with van der Waals surface area (Å²) in [5.74, 6) is 0. The van der Waals surface area contributed by atoms with E-state index in [-0.39, 0.29) is 0 Å². The van der Waals surface area contributed by atoms with Crippen molar-refractivity contribution in [1.29, 1.82) is 0 Å². The third kappa shape index (κ3) is 11.0. The van der Waals surface area contributed by atoms with Gasteiger partial charge in [0, 0.05) is 0 Å². The zero-order valence-electron chi connectivity index (χ0n) is 11.2. The van der Waals surface area contributed by atoms with E-state index in [2.05, 4.69) is 20.8 Å². The van der Waals surface area contributed by atoms with Gasteiger partial charge in [-0.25, -0.2) is 0 Å². The molecule has 4 heteroatoms. The Morgan fingerprint density at radius 2 is 0.938 bits per heavy atom. The van der Waals surface area contributed by atoms with E-state index in [0.29, 0.717) is 0 Å². The summed E-state index contributed by atoms with van der Waals surface area (Å²) < 4.78 is 17.2. The standard InChI is InChI=1S/3C4H9O.Ga/c3*1-2-3-4-5;/h3*2-4H2,1H3;/q3*-1;+3. The Hall–Kier alpha value is 0.516. The summed E-state index contributed by atoms with van der Waals surface area (Å²) in [5.41, 5.74) is 0. The van der Waals surface area contributed by atoms with Crippen molar-refractivity contribution in [3.8, 4) is 0 Å². The van der Waals surface area contributed by atoms with Crippen LogP contribution in [0.5, 0.6) is 0 Å². The molecule has 0 N–H and O–H groups in total. The summed E-state index contributed by atoms with van der Waals surface area (Å²) in [7, 11) is 0. The minimum atomic E-state index is -2.31. The predicted molar refractivity (Wildman–Crippen MR) is 68.3 cm³/mol. The third-order valence-corrected chi connectivity index (χ3v) is 5.45. The molecule has 0 amide bonds. The third-order valence-electron chi connectivity index (χ3n) is 2.26. The summed E-state index contributed by atoms with van der Waals surface area (Å²) in [5, 5.41) is 0. The van der Waals surface area contributed by atoms with Crippen LogP contribution in [0.15, 0.2) is 0 Å². The molecule has 0 aliphatic rings. The second-order valence-electron chi connectivity index (χ2n) is 3.96. The van der Waals surface area contributed by atoms with Crippen LogP contribution < -0.4 is 0 Å². The van der Waals surface area contributed by atoms with Crippen molar-refractivity contribution < 1.29 is 10.6 Å². The Kier molecular flexibility index (Phi) is 14.0. The average molecular weight is 289 g/mol. The fourth-order valence-electron chi connectivity index (χ4n) is 1.12. The molecule has 0 aromatic rings. The van der Waals surface area contributed by atoms with Crippen LogP contribution in [-0.4, -0.2) is 37.1 Å². The molecule has 0 heterocycles. The molecule has 0 atom stereocenters. The number of hydrogen-bond donors (Lipinski definition) is 0. The van der Waals surface area contributed by atoms with E-state index in [0.717, 1.165) is 39.1 Å². The van der Waals surface area contributed by atoms with Crippen LogP contribution in [0.25, 0.3) is 0 Å². The van der Waals surface area contributed by atoms with Crippen molar-refractivity contribution in [3.63, 3.8) is 0 Å². The number of unbranched alkanes of at least 4 members (excludes halogenated alkanes) is 3. The molecule has 0 bridgehead atoms. The first-order valence-corrected chi connectivity index (χ1v) is 9.66. The van der Waals surface area contributed by atoms with Gasteiger partial charge in [0.2, 0.25) is 0 Å². The minimum absolute atomic E-state index is 0.805. The van der Waals surface area contributed by atoms with E-state index in [4.69, 9.17) is 10.6 Å². The summed E-state index contributed by atoms with van der Waals surface area (Å²) in [6.07, 6.45) is 6.82. The maximum absolute atomic E-state index is 5.72. The number of hydrogen-bond acceptors (Lipinski definition) is 3. The fraction of sp³-hybridized carbons (Fsp3) is 1.00. The molecule has 0 rings (SSSR count). The molecule has 0 unspecified atom stereocenters. The van der Waals surface area contributed by atoms with Gasteiger partial charge >= 0.3 is 107 Å². The Morgan fingerprint density at radius 3 is 1.19 bits per heavy atom. The Labute approximate surface area is 107 Å². The summed E-state index contributed by atoms with van der Waals surface area (Å²) in [4.78, 5) is 0. The monoisotopic (exact) mass is 288 g/mol. The summed E-state index contributed by atoms with van der Waals surface area (Å²) >= 11 is -2.31. The van der Waals surface area contributed by atoms with Crippen LogP contribution in [-0.2, 0) is 10.6 Å². The molecule has 0 aromatic heterocycles. The molecular formula is C12H27GaO3. The molecule has 0 saturated heterocycles. The van der Waals surface area contributed by atoms with Gasteiger partial charge in [0.05, 0.1) is 0 Å². The number of rotatable bonds is 12. The first-order valence-electron chi connectivity index (χ1n) is 6.69. The molecule has 0 saturated carbocycles. The van der Waals surface area contributed by atoms with E-state index >= 15 is 0 Å². The van der Waals surface area contributed by atoms with Crippen LogP contribution in [0.2, 0.25) is 0 Å². The molecular weight excluding hydrogens is 262 g/mol. The quantitative estimate of drug-likeness (QED) is 0.407. The van der Waals surface area contributed by atoms with Gasteiger partial charge in [-0.15, -0.1) is 0 Å². The zero-order chi connectivity index (χ0) is 12.1. The Morgan fingerprint density at radius 1 is 0.625 bits per heavy atom. The molecule has 0 aliphatic heterocycles. The van der Waals surface area contributed by atoms with Crippen molar-refractivity contribution in [3.05, 3.63) is 0 Å². The van der Waals surface area contributed by atoms with Crippen LogP contribution in [0, 0.1) is 0 Å². The Balaban J connectivity index is 3.58. The van der Waals surface area contributed by atoms with E-state index in [1.807, 2.05) is 0 Å². The van der Waals surface area contributed by atoms with Gasteiger partial charge in [0.25, 0.3) is 0 Å². The van der Waals surface area contributed by atoms with Gasteiger partial charge in [-0.2, -0.15) is 0 Å². The molecule has 0 spiro atoms. The maximum atomic E-state index is 5.72. The van der Waals surface area contributed by atoms with Crippen molar-refractivity contribution in [1.82, 2.24) is 0 Å². The molecule has 16 heavy (non-hydrogen) atoms. The van der Waals surface area contributed by atoms with Crippen molar-refractivity contribution in [2.75, 3.05) is 19.8 Å². The zero-order valence-corrected chi connectivity index (χ0v) is 13.6. The van der Waals surface area contributed by atoms with E-state index in [9.17, 15) is 0 Å².